The Kier molecular flexibility index (Phi) is 2.04. The number of ether oxygens (including phenoxy) is 2. The van der Waals surface area contributed by atoms with Crippen LogP contribution in [0.15, 0.2) is 27.4 Å². The molecule has 0 N–H and O–H groups in total. The molecule has 2 heterocycles. The highest BCUT2D eigenvalue weighted by Crippen LogP contribution is 2.35. The Morgan fingerprint density at radius 3 is 2.69 bits per heavy atom. The zero-order valence-corrected chi connectivity index (χ0v) is 8.91. The Bertz CT molecular complexity index is 617. The van der Waals surface area contributed by atoms with Crippen molar-refractivity contribution in [2.45, 2.75) is 0 Å². The van der Waals surface area contributed by atoms with Crippen LogP contribution in [0, 0.1) is 0 Å². The van der Waals surface area contributed by atoms with Gasteiger partial charge in [0.25, 0.3) is 0 Å². The highest BCUT2D eigenvalue weighted by atomic mass is 35.5. The first kappa shape index (κ1) is 9.54. The van der Waals surface area contributed by atoms with Crippen molar-refractivity contribution in [1.29, 1.82) is 0 Å². The topological polar surface area (TPSA) is 48.7 Å². The zero-order valence-electron chi connectivity index (χ0n) is 8.16. The van der Waals surface area contributed by atoms with Crippen LogP contribution >= 0.6 is 11.6 Å². The molecule has 2 aromatic rings. The van der Waals surface area contributed by atoms with Crippen LogP contribution in [-0.2, 0) is 0 Å². The Morgan fingerprint density at radius 2 is 1.88 bits per heavy atom. The van der Waals surface area contributed by atoms with Crippen LogP contribution < -0.4 is 15.1 Å². The maximum Gasteiger partial charge on any atom is 0.383 e. The van der Waals surface area contributed by atoms with Gasteiger partial charge in [-0.05, 0) is 18.2 Å². The summed E-state index contributed by atoms with van der Waals surface area (Å²) < 4.78 is 15.8. The fourth-order valence-corrected chi connectivity index (χ4v) is 1.86. The Morgan fingerprint density at radius 1 is 1.12 bits per heavy atom. The third-order valence-electron chi connectivity index (χ3n) is 2.36. The van der Waals surface area contributed by atoms with Crippen molar-refractivity contribution < 1.29 is 13.9 Å². The van der Waals surface area contributed by atoms with Gasteiger partial charge in [0.15, 0.2) is 5.75 Å². The van der Waals surface area contributed by atoms with E-state index in [-0.39, 0.29) is 5.75 Å². The first-order valence-corrected chi connectivity index (χ1v) is 5.15. The van der Waals surface area contributed by atoms with Crippen molar-refractivity contribution in [3.05, 3.63) is 33.6 Å². The minimum Gasteiger partial charge on any atom is -0.485 e. The number of hydrogen-bond donors (Lipinski definition) is 0. The van der Waals surface area contributed by atoms with Gasteiger partial charge in [-0.3, -0.25) is 0 Å². The summed E-state index contributed by atoms with van der Waals surface area (Å²) in [7, 11) is 0. The second-order valence-corrected chi connectivity index (χ2v) is 3.82. The van der Waals surface area contributed by atoms with Crippen molar-refractivity contribution in [3.8, 4) is 11.5 Å². The smallest absolute Gasteiger partial charge is 0.383 e. The highest BCUT2D eigenvalue weighted by Gasteiger charge is 2.21. The molecule has 16 heavy (non-hydrogen) atoms. The van der Waals surface area contributed by atoms with Gasteiger partial charge in [0.05, 0.1) is 5.39 Å². The number of halogens is 1. The second kappa shape index (κ2) is 3.42. The van der Waals surface area contributed by atoms with E-state index < -0.39 is 5.63 Å². The summed E-state index contributed by atoms with van der Waals surface area (Å²) >= 11 is 5.88. The second-order valence-electron chi connectivity index (χ2n) is 3.39. The van der Waals surface area contributed by atoms with Gasteiger partial charge >= 0.3 is 5.63 Å². The van der Waals surface area contributed by atoms with E-state index in [1.165, 1.54) is 0 Å². The molecule has 0 spiro atoms. The average Bonchev–Trinajstić information content (AvgIpc) is 2.31. The van der Waals surface area contributed by atoms with Gasteiger partial charge in [0.2, 0.25) is 5.75 Å². The van der Waals surface area contributed by atoms with Gasteiger partial charge < -0.3 is 13.9 Å². The Balaban J connectivity index is 2.43. The minimum atomic E-state index is -0.524. The quantitative estimate of drug-likeness (QED) is 0.661. The van der Waals surface area contributed by atoms with Crippen molar-refractivity contribution in [2.24, 2.45) is 0 Å². The predicted molar refractivity (Wildman–Crippen MR) is 58.5 cm³/mol. The lowest BCUT2D eigenvalue weighted by atomic mass is 10.2. The molecule has 0 bridgehead atoms. The summed E-state index contributed by atoms with van der Waals surface area (Å²) in [6.45, 7) is 0.766. The molecule has 0 aliphatic carbocycles. The summed E-state index contributed by atoms with van der Waals surface area (Å²) in [5.41, 5.74) is -0.0804. The molecule has 0 unspecified atom stereocenters. The third kappa shape index (κ3) is 1.34. The first-order chi connectivity index (χ1) is 7.75. The van der Waals surface area contributed by atoms with Gasteiger partial charge in [-0.15, -0.1) is 0 Å². The molecular weight excluding hydrogens is 232 g/mol. The number of rotatable bonds is 0. The van der Waals surface area contributed by atoms with Crippen LogP contribution in [0.5, 0.6) is 11.5 Å². The molecule has 0 radical (unpaired) electrons. The molecule has 1 aromatic carbocycles. The molecule has 1 aromatic heterocycles. The standard InChI is InChI=1S/C11H7ClO4/c12-6-1-2-8-7(5-6)9-10(11(13)16-8)15-4-3-14-9/h1-2,5H,3-4H2. The van der Waals surface area contributed by atoms with Gasteiger partial charge in [-0.2, -0.15) is 0 Å². The van der Waals surface area contributed by atoms with Crippen molar-refractivity contribution in [1.82, 2.24) is 0 Å². The largest absolute Gasteiger partial charge is 0.485 e. The molecule has 0 atom stereocenters. The van der Waals surface area contributed by atoms with Gasteiger partial charge in [0, 0.05) is 5.02 Å². The maximum absolute atomic E-state index is 11.6. The summed E-state index contributed by atoms with van der Waals surface area (Å²) in [6, 6.07) is 4.98. The predicted octanol–water partition coefficient (Wildman–Crippen LogP) is 2.22. The molecule has 82 valence electrons. The van der Waals surface area contributed by atoms with Crippen LogP contribution in [0.25, 0.3) is 11.0 Å². The number of hydrogen-bond acceptors (Lipinski definition) is 4. The molecule has 0 saturated carbocycles. The van der Waals surface area contributed by atoms with E-state index in [2.05, 4.69) is 0 Å². The molecule has 1 aliphatic heterocycles. The van der Waals surface area contributed by atoms with Crippen LogP contribution in [0.1, 0.15) is 0 Å². The first-order valence-electron chi connectivity index (χ1n) is 4.77. The van der Waals surface area contributed by atoms with Crippen LogP contribution in [0.4, 0.5) is 0 Å². The van der Waals surface area contributed by atoms with E-state index >= 15 is 0 Å². The molecule has 0 amide bonds. The van der Waals surface area contributed by atoms with Crippen molar-refractivity contribution in [3.63, 3.8) is 0 Å². The molecule has 5 heteroatoms. The zero-order chi connectivity index (χ0) is 11.1. The molecule has 4 nitrogen and oxygen atoms in total. The van der Waals surface area contributed by atoms with Gasteiger partial charge in [0.1, 0.15) is 18.8 Å². The van der Waals surface area contributed by atoms with Crippen LogP contribution in [-0.4, -0.2) is 13.2 Å². The molecule has 1 aliphatic rings. The third-order valence-corrected chi connectivity index (χ3v) is 2.59. The van der Waals surface area contributed by atoms with E-state index in [1.54, 1.807) is 18.2 Å². The van der Waals surface area contributed by atoms with Crippen molar-refractivity contribution >= 4 is 22.6 Å². The summed E-state index contributed by atoms with van der Waals surface area (Å²) in [5, 5.41) is 1.21. The summed E-state index contributed by atoms with van der Waals surface area (Å²) in [6.07, 6.45) is 0. The van der Waals surface area contributed by atoms with Crippen molar-refractivity contribution in [2.75, 3.05) is 13.2 Å². The fraction of sp³-hybridized carbons (Fsp3) is 0.182. The van der Waals surface area contributed by atoms with Crippen LogP contribution in [0.2, 0.25) is 5.02 Å². The summed E-state index contributed by atoms with van der Waals surface area (Å²) in [4.78, 5) is 11.6. The lowest BCUT2D eigenvalue weighted by Gasteiger charge is -2.18. The molecular formula is C11H7ClO4. The Hall–Kier alpha value is -1.68. The van der Waals surface area contributed by atoms with Crippen LogP contribution in [0.3, 0.4) is 0 Å². The number of fused-ring (bicyclic) bond motifs is 3. The average molecular weight is 239 g/mol. The fourth-order valence-electron chi connectivity index (χ4n) is 1.69. The monoisotopic (exact) mass is 238 g/mol. The minimum absolute atomic E-state index is 0.126. The maximum atomic E-state index is 11.6. The van der Waals surface area contributed by atoms with E-state index in [1.807, 2.05) is 0 Å². The Labute approximate surface area is 95.3 Å². The highest BCUT2D eigenvalue weighted by molar-refractivity contribution is 6.31. The normalized spacial score (nSPS) is 14.1. The SMILES string of the molecule is O=c1oc2ccc(Cl)cc2c2c1OCCO2. The van der Waals surface area contributed by atoms with Gasteiger partial charge in [-0.1, -0.05) is 11.6 Å². The van der Waals surface area contributed by atoms with Gasteiger partial charge in [-0.25, -0.2) is 4.79 Å². The molecule has 0 fully saturated rings. The van der Waals surface area contributed by atoms with E-state index in [0.717, 1.165) is 0 Å². The van der Waals surface area contributed by atoms with E-state index in [0.29, 0.717) is 35.0 Å². The molecule has 0 saturated heterocycles. The number of benzene rings is 1. The lowest BCUT2D eigenvalue weighted by Crippen LogP contribution is -2.20. The molecule has 3 rings (SSSR count). The summed E-state index contributed by atoms with van der Waals surface area (Å²) in [5.74, 6) is 0.543. The lowest BCUT2D eigenvalue weighted by molar-refractivity contribution is 0.166. The van der Waals surface area contributed by atoms with E-state index in [9.17, 15) is 4.79 Å². The van der Waals surface area contributed by atoms with E-state index in [4.69, 9.17) is 25.5 Å².